The fraction of sp³-hybridized carbons (Fsp3) is 0.176. The molecule has 0 atom stereocenters. The van der Waals surface area contributed by atoms with Gasteiger partial charge in [0.05, 0.1) is 5.52 Å². The lowest BCUT2D eigenvalue weighted by Crippen LogP contribution is -1.96. The summed E-state index contributed by atoms with van der Waals surface area (Å²) in [4.78, 5) is 0. The van der Waals surface area contributed by atoms with Crippen LogP contribution in [0.5, 0.6) is 0 Å². The lowest BCUT2D eigenvalue weighted by Gasteiger charge is -2.09. The Balaban J connectivity index is 2.39. The van der Waals surface area contributed by atoms with Crippen molar-refractivity contribution < 1.29 is 0 Å². The van der Waals surface area contributed by atoms with Crippen LogP contribution in [0.4, 0.5) is 0 Å². The van der Waals surface area contributed by atoms with Crippen LogP contribution >= 0.6 is 0 Å². The van der Waals surface area contributed by atoms with Crippen LogP contribution in [0.2, 0.25) is 0 Å². The minimum absolute atomic E-state index is 1.25. The Morgan fingerprint density at radius 2 is 1.61 bits per heavy atom. The summed E-state index contributed by atoms with van der Waals surface area (Å²) in [6.07, 6.45) is 0. The van der Waals surface area contributed by atoms with Crippen molar-refractivity contribution in [2.45, 2.75) is 20.8 Å². The summed E-state index contributed by atoms with van der Waals surface area (Å²) in [5.41, 5.74) is 6.52. The van der Waals surface area contributed by atoms with Crippen LogP contribution in [-0.4, -0.2) is 4.57 Å². The highest BCUT2D eigenvalue weighted by Crippen LogP contribution is 2.28. The number of hydrogen-bond acceptors (Lipinski definition) is 0. The maximum Gasteiger partial charge on any atom is 0.0534 e. The number of nitrogens with zero attached hydrogens (tertiary/aromatic N) is 1. The van der Waals surface area contributed by atoms with Crippen molar-refractivity contribution in [2.75, 3.05) is 0 Å². The second kappa shape index (κ2) is 4.02. The molecule has 2 aromatic carbocycles. The molecular weight excluding hydrogens is 218 g/mol. The van der Waals surface area contributed by atoms with E-state index in [1.165, 1.54) is 33.4 Å². The highest BCUT2D eigenvalue weighted by Gasteiger charge is 2.11. The van der Waals surface area contributed by atoms with Crippen LogP contribution in [0.3, 0.4) is 0 Å². The molecule has 3 aromatic rings. The second-order valence-corrected chi connectivity index (χ2v) is 4.90. The molecule has 0 amide bonds. The molecule has 0 radical (unpaired) electrons. The quantitative estimate of drug-likeness (QED) is 0.583. The summed E-state index contributed by atoms with van der Waals surface area (Å²) in [5, 5.41) is 1.34. The van der Waals surface area contributed by atoms with Gasteiger partial charge in [-0.3, -0.25) is 0 Å². The Kier molecular flexibility index (Phi) is 2.48. The zero-order chi connectivity index (χ0) is 12.7. The molecule has 0 N–H and O–H groups in total. The monoisotopic (exact) mass is 235 g/mol. The molecule has 0 saturated heterocycles. The van der Waals surface area contributed by atoms with Crippen molar-refractivity contribution in [1.82, 2.24) is 4.57 Å². The third kappa shape index (κ3) is 1.55. The van der Waals surface area contributed by atoms with E-state index in [9.17, 15) is 0 Å². The van der Waals surface area contributed by atoms with E-state index in [1.54, 1.807) is 0 Å². The van der Waals surface area contributed by atoms with Gasteiger partial charge in [0.25, 0.3) is 0 Å². The molecule has 90 valence electrons. The summed E-state index contributed by atoms with van der Waals surface area (Å²) < 4.78 is 2.34. The molecule has 0 aliphatic carbocycles. The molecule has 1 heterocycles. The van der Waals surface area contributed by atoms with Gasteiger partial charge in [0.2, 0.25) is 0 Å². The van der Waals surface area contributed by atoms with E-state index in [2.05, 4.69) is 73.9 Å². The molecule has 0 spiro atoms. The fourth-order valence-electron chi connectivity index (χ4n) is 2.63. The number of para-hydroxylation sites is 1. The molecule has 0 fully saturated rings. The van der Waals surface area contributed by atoms with E-state index in [0.717, 1.165) is 0 Å². The summed E-state index contributed by atoms with van der Waals surface area (Å²) in [6, 6.07) is 17.3. The Morgan fingerprint density at radius 1 is 0.833 bits per heavy atom. The molecule has 18 heavy (non-hydrogen) atoms. The van der Waals surface area contributed by atoms with E-state index in [0.29, 0.717) is 0 Å². The molecule has 0 unspecified atom stereocenters. The van der Waals surface area contributed by atoms with Gasteiger partial charge >= 0.3 is 0 Å². The number of aromatic nitrogens is 1. The third-order valence-electron chi connectivity index (χ3n) is 3.69. The van der Waals surface area contributed by atoms with E-state index in [1.807, 2.05) is 0 Å². The van der Waals surface area contributed by atoms with Crippen LogP contribution < -0.4 is 0 Å². The van der Waals surface area contributed by atoms with Crippen molar-refractivity contribution in [1.29, 1.82) is 0 Å². The smallest absolute Gasteiger partial charge is 0.0534 e. The van der Waals surface area contributed by atoms with Crippen molar-refractivity contribution in [3.8, 4) is 5.69 Å². The molecule has 0 saturated carbocycles. The van der Waals surface area contributed by atoms with E-state index in [4.69, 9.17) is 0 Å². The fourth-order valence-corrected chi connectivity index (χ4v) is 2.63. The van der Waals surface area contributed by atoms with Gasteiger partial charge in [0.1, 0.15) is 0 Å². The Bertz CT molecular complexity index is 720. The van der Waals surface area contributed by atoms with Crippen molar-refractivity contribution in [2.24, 2.45) is 0 Å². The zero-order valence-electron chi connectivity index (χ0n) is 11.1. The predicted molar refractivity (Wildman–Crippen MR) is 77.5 cm³/mol. The SMILES string of the molecule is Cc1cccc(-n2c(C)c(C)c3ccccc32)c1. The highest BCUT2D eigenvalue weighted by atomic mass is 15.0. The lowest BCUT2D eigenvalue weighted by atomic mass is 10.2. The van der Waals surface area contributed by atoms with Crippen LogP contribution in [0.1, 0.15) is 16.8 Å². The van der Waals surface area contributed by atoms with Gasteiger partial charge in [0, 0.05) is 16.8 Å². The molecular formula is C17H17N. The second-order valence-electron chi connectivity index (χ2n) is 4.90. The number of fused-ring (bicyclic) bond motifs is 1. The average Bonchev–Trinajstić information content (AvgIpc) is 2.63. The first-order valence-electron chi connectivity index (χ1n) is 6.32. The van der Waals surface area contributed by atoms with Crippen LogP contribution in [0.25, 0.3) is 16.6 Å². The highest BCUT2D eigenvalue weighted by molar-refractivity contribution is 5.87. The largest absolute Gasteiger partial charge is 0.314 e. The van der Waals surface area contributed by atoms with E-state index in [-0.39, 0.29) is 0 Å². The first-order valence-corrected chi connectivity index (χ1v) is 6.32. The molecule has 0 bridgehead atoms. The normalized spacial score (nSPS) is 11.1. The van der Waals surface area contributed by atoms with Gasteiger partial charge in [-0.15, -0.1) is 0 Å². The molecule has 3 rings (SSSR count). The Hall–Kier alpha value is -2.02. The lowest BCUT2D eigenvalue weighted by molar-refractivity contribution is 1.04. The van der Waals surface area contributed by atoms with E-state index < -0.39 is 0 Å². The van der Waals surface area contributed by atoms with Gasteiger partial charge in [-0.25, -0.2) is 0 Å². The minimum Gasteiger partial charge on any atom is -0.314 e. The predicted octanol–water partition coefficient (Wildman–Crippen LogP) is 4.56. The topological polar surface area (TPSA) is 4.93 Å². The van der Waals surface area contributed by atoms with Gasteiger partial charge in [-0.2, -0.15) is 0 Å². The molecule has 0 aliphatic rings. The van der Waals surface area contributed by atoms with Crippen molar-refractivity contribution in [3.63, 3.8) is 0 Å². The number of aryl methyl sites for hydroxylation is 2. The Labute approximate surface area is 108 Å². The van der Waals surface area contributed by atoms with Gasteiger partial charge in [-0.1, -0.05) is 30.3 Å². The van der Waals surface area contributed by atoms with Crippen LogP contribution in [0, 0.1) is 20.8 Å². The van der Waals surface area contributed by atoms with Crippen molar-refractivity contribution in [3.05, 3.63) is 65.4 Å². The maximum absolute atomic E-state index is 2.34. The summed E-state index contributed by atoms with van der Waals surface area (Å²) >= 11 is 0. The maximum atomic E-state index is 2.34. The number of benzene rings is 2. The first-order chi connectivity index (χ1) is 8.68. The Morgan fingerprint density at radius 3 is 2.39 bits per heavy atom. The first kappa shape index (κ1) is 11.1. The number of hydrogen-bond donors (Lipinski definition) is 0. The van der Waals surface area contributed by atoms with Gasteiger partial charge < -0.3 is 4.57 Å². The summed E-state index contributed by atoms with van der Waals surface area (Å²) in [7, 11) is 0. The molecule has 1 aromatic heterocycles. The van der Waals surface area contributed by atoms with Gasteiger partial charge in [0.15, 0.2) is 0 Å². The standard InChI is InChI=1S/C17H17N/c1-12-7-6-8-15(11-12)18-14(3)13(2)16-9-4-5-10-17(16)18/h4-11H,1-3H3. The van der Waals surface area contributed by atoms with Crippen LogP contribution in [0.15, 0.2) is 48.5 Å². The van der Waals surface area contributed by atoms with Crippen molar-refractivity contribution >= 4 is 10.9 Å². The summed E-state index contributed by atoms with van der Waals surface area (Å²) in [5.74, 6) is 0. The molecule has 1 heteroatoms. The van der Waals surface area contributed by atoms with Crippen LogP contribution in [-0.2, 0) is 0 Å². The average molecular weight is 235 g/mol. The van der Waals surface area contributed by atoms with Gasteiger partial charge in [-0.05, 0) is 50.1 Å². The summed E-state index contributed by atoms with van der Waals surface area (Å²) in [6.45, 7) is 6.53. The van der Waals surface area contributed by atoms with E-state index >= 15 is 0 Å². The molecule has 0 aliphatic heterocycles. The zero-order valence-corrected chi connectivity index (χ0v) is 11.1. The third-order valence-corrected chi connectivity index (χ3v) is 3.69. The molecule has 1 nitrogen and oxygen atoms in total. The number of rotatable bonds is 1. The minimum atomic E-state index is 1.25.